The topological polar surface area (TPSA) is 74.6 Å². The molecule has 0 aliphatic carbocycles. The van der Waals surface area contributed by atoms with Crippen LogP contribution in [0.3, 0.4) is 0 Å². The van der Waals surface area contributed by atoms with Crippen molar-refractivity contribution in [2.45, 2.75) is 38.9 Å². The first kappa shape index (κ1) is 16.9. The van der Waals surface area contributed by atoms with Crippen molar-refractivity contribution >= 4 is 22.7 Å². The molecule has 5 heteroatoms. The molecule has 1 rings (SSSR count). The SMILES string of the molecule is CCC(=O)c1cccc(C(O)C(O)CCSC(C)=O)c1. The lowest BCUT2D eigenvalue weighted by Crippen LogP contribution is -2.19. The smallest absolute Gasteiger partial charge is 0.185 e. The van der Waals surface area contributed by atoms with Crippen LogP contribution in [0.2, 0.25) is 0 Å². The summed E-state index contributed by atoms with van der Waals surface area (Å²) >= 11 is 1.12. The van der Waals surface area contributed by atoms with E-state index in [1.165, 1.54) is 6.92 Å². The van der Waals surface area contributed by atoms with E-state index in [1.54, 1.807) is 31.2 Å². The number of Topliss-reactive ketones (excluding diaryl/α,β-unsaturated/α-hetero) is 1. The van der Waals surface area contributed by atoms with Gasteiger partial charge in [0.2, 0.25) is 0 Å². The third kappa shape index (κ3) is 5.07. The Morgan fingerprint density at radius 1 is 1.30 bits per heavy atom. The van der Waals surface area contributed by atoms with Gasteiger partial charge in [-0.15, -0.1) is 0 Å². The van der Waals surface area contributed by atoms with Crippen LogP contribution in [0.5, 0.6) is 0 Å². The molecule has 1 aromatic rings. The highest BCUT2D eigenvalue weighted by Crippen LogP contribution is 2.22. The Morgan fingerprint density at radius 2 is 2.00 bits per heavy atom. The number of hydrogen-bond donors (Lipinski definition) is 2. The molecule has 0 saturated carbocycles. The second-order valence-corrected chi connectivity index (χ2v) is 5.81. The van der Waals surface area contributed by atoms with Gasteiger partial charge < -0.3 is 10.2 Å². The summed E-state index contributed by atoms with van der Waals surface area (Å²) in [5, 5.41) is 20.0. The number of thioether (sulfide) groups is 1. The van der Waals surface area contributed by atoms with Crippen molar-refractivity contribution in [1.29, 1.82) is 0 Å². The van der Waals surface area contributed by atoms with E-state index >= 15 is 0 Å². The van der Waals surface area contributed by atoms with E-state index in [9.17, 15) is 19.8 Å². The van der Waals surface area contributed by atoms with Gasteiger partial charge in [0, 0.05) is 24.7 Å². The third-order valence-electron chi connectivity index (χ3n) is 2.95. The normalized spacial score (nSPS) is 13.8. The number of hydrogen-bond acceptors (Lipinski definition) is 5. The van der Waals surface area contributed by atoms with Crippen molar-refractivity contribution in [1.82, 2.24) is 0 Å². The average molecular weight is 296 g/mol. The fourth-order valence-electron chi connectivity index (χ4n) is 1.80. The van der Waals surface area contributed by atoms with Crippen LogP contribution < -0.4 is 0 Å². The van der Waals surface area contributed by atoms with E-state index in [1.807, 2.05) is 0 Å². The second-order valence-electron chi connectivity index (χ2n) is 4.54. The first-order chi connectivity index (χ1) is 9.45. The summed E-state index contributed by atoms with van der Waals surface area (Å²) in [5.74, 6) is 0.460. The summed E-state index contributed by atoms with van der Waals surface area (Å²) in [7, 11) is 0. The van der Waals surface area contributed by atoms with E-state index in [4.69, 9.17) is 0 Å². The lowest BCUT2D eigenvalue weighted by molar-refractivity contribution is -0.109. The largest absolute Gasteiger partial charge is 0.390 e. The molecule has 0 saturated heterocycles. The zero-order chi connectivity index (χ0) is 15.1. The maximum absolute atomic E-state index is 11.6. The minimum absolute atomic E-state index is 0.000625. The van der Waals surface area contributed by atoms with Gasteiger partial charge in [-0.2, -0.15) is 0 Å². The zero-order valence-electron chi connectivity index (χ0n) is 11.7. The molecule has 0 radical (unpaired) electrons. The Hall–Kier alpha value is -1.17. The van der Waals surface area contributed by atoms with Crippen LogP contribution in [-0.4, -0.2) is 33.0 Å². The number of rotatable bonds is 7. The van der Waals surface area contributed by atoms with E-state index in [0.29, 0.717) is 29.7 Å². The summed E-state index contributed by atoms with van der Waals surface area (Å²) in [5.41, 5.74) is 1.05. The van der Waals surface area contributed by atoms with Crippen molar-refractivity contribution in [3.05, 3.63) is 35.4 Å². The van der Waals surface area contributed by atoms with Crippen molar-refractivity contribution in [2.75, 3.05) is 5.75 Å². The second kappa shape index (κ2) is 8.19. The standard InChI is InChI=1S/C15H20O4S/c1-3-13(17)11-5-4-6-12(9-11)15(19)14(18)7-8-20-10(2)16/h4-6,9,14-15,18-19H,3,7-8H2,1-2H3. The highest BCUT2D eigenvalue weighted by Gasteiger charge is 2.19. The molecule has 0 heterocycles. The minimum atomic E-state index is -1.05. The summed E-state index contributed by atoms with van der Waals surface area (Å²) < 4.78 is 0. The molecule has 1 aromatic carbocycles. The molecule has 110 valence electrons. The van der Waals surface area contributed by atoms with Gasteiger partial charge >= 0.3 is 0 Å². The van der Waals surface area contributed by atoms with Gasteiger partial charge in [-0.05, 0) is 18.1 Å². The van der Waals surface area contributed by atoms with E-state index < -0.39 is 12.2 Å². The Bertz CT molecular complexity index is 473. The molecule has 0 amide bonds. The molecule has 0 aliphatic rings. The van der Waals surface area contributed by atoms with Gasteiger partial charge in [0.25, 0.3) is 0 Å². The Labute approximate surface area is 123 Å². The zero-order valence-corrected chi connectivity index (χ0v) is 12.5. The highest BCUT2D eigenvalue weighted by atomic mass is 32.2. The van der Waals surface area contributed by atoms with Crippen LogP contribution >= 0.6 is 11.8 Å². The molecule has 2 unspecified atom stereocenters. The molecular formula is C15H20O4S. The van der Waals surface area contributed by atoms with E-state index in [0.717, 1.165) is 11.8 Å². The number of carbonyl (C=O) groups is 2. The fraction of sp³-hybridized carbons (Fsp3) is 0.467. The van der Waals surface area contributed by atoms with Crippen molar-refractivity contribution in [2.24, 2.45) is 0 Å². The van der Waals surface area contributed by atoms with Crippen LogP contribution in [0.15, 0.2) is 24.3 Å². The third-order valence-corrected chi connectivity index (χ3v) is 3.80. The molecule has 0 aliphatic heterocycles. The molecule has 2 N–H and O–H groups in total. The van der Waals surface area contributed by atoms with Gasteiger partial charge in [0.05, 0.1) is 6.10 Å². The lowest BCUT2D eigenvalue weighted by atomic mass is 9.98. The van der Waals surface area contributed by atoms with Gasteiger partial charge in [-0.1, -0.05) is 36.9 Å². The van der Waals surface area contributed by atoms with Crippen LogP contribution in [0.4, 0.5) is 0 Å². The predicted octanol–water partition coefficient (Wildman–Crippen LogP) is 2.34. The van der Waals surface area contributed by atoms with Gasteiger partial charge in [-0.3, -0.25) is 9.59 Å². The first-order valence-electron chi connectivity index (χ1n) is 6.58. The Kier molecular flexibility index (Phi) is 6.91. The maximum Gasteiger partial charge on any atom is 0.185 e. The molecule has 0 aromatic heterocycles. The first-order valence-corrected chi connectivity index (χ1v) is 7.57. The number of carbonyl (C=O) groups excluding carboxylic acids is 2. The molecule has 0 fully saturated rings. The van der Waals surface area contributed by atoms with Gasteiger partial charge in [-0.25, -0.2) is 0 Å². The van der Waals surface area contributed by atoms with Crippen molar-refractivity contribution < 1.29 is 19.8 Å². The highest BCUT2D eigenvalue weighted by molar-refractivity contribution is 8.13. The molecule has 0 spiro atoms. The van der Waals surface area contributed by atoms with Crippen molar-refractivity contribution in [3.63, 3.8) is 0 Å². The summed E-state index contributed by atoms with van der Waals surface area (Å²) in [6.07, 6.45) is -1.28. The molecule has 2 atom stereocenters. The van der Waals surface area contributed by atoms with Gasteiger partial charge in [0.15, 0.2) is 10.9 Å². The number of aliphatic hydroxyl groups is 2. The lowest BCUT2D eigenvalue weighted by Gasteiger charge is -2.18. The van der Waals surface area contributed by atoms with Gasteiger partial charge in [0.1, 0.15) is 6.10 Å². The van der Waals surface area contributed by atoms with Crippen LogP contribution in [0.1, 0.15) is 48.7 Å². The molecule has 20 heavy (non-hydrogen) atoms. The summed E-state index contributed by atoms with van der Waals surface area (Å²) in [6.45, 7) is 3.24. The monoisotopic (exact) mass is 296 g/mol. The minimum Gasteiger partial charge on any atom is -0.390 e. The predicted molar refractivity (Wildman–Crippen MR) is 79.8 cm³/mol. The summed E-state index contributed by atoms with van der Waals surface area (Å²) in [4.78, 5) is 22.4. The Morgan fingerprint density at radius 3 is 2.60 bits per heavy atom. The number of aliphatic hydroxyl groups excluding tert-OH is 2. The summed E-state index contributed by atoms with van der Waals surface area (Å²) in [6, 6.07) is 6.68. The molecule has 4 nitrogen and oxygen atoms in total. The van der Waals surface area contributed by atoms with E-state index in [2.05, 4.69) is 0 Å². The number of benzene rings is 1. The Balaban J connectivity index is 2.68. The number of ketones is 1. The molecular weight excluding hydrogens is 276 g/mol. The van der Waals surface area contributed by atoms with Crippen LogP contribution in [0, 0.1) is 0 Å². The van der Waals surface area contributed by atoms with Crippen molar-refractivity contribution in [3.8, 4) is 0 Å². The fourth-order valence-corrected chi connectivity index (χ4v) is 2.45. The quantitative estimate of drug-likeness (QED) is 0.755. The van der Waals surface area contributed by atoms with E-state index in [-0.39, 0.29) is 10.9 Å². The van der Waals surface area contributed by atoms with Crippen LogP contribution in [0.25, 0.3) is 0 Å². The van der Waals surface area contributed by atoms with Crippen LogP contribution in [-0.2, 0) is 4.79 Å². The maximum atomic E-state index is 11.6. The average Bonchev–Trinajstić information content (AvgIpc) is 2.45. The molecule has 0 bridgehead atoms.